The molecule has 0 radical (unpaired) electrons. The molecule has 0 spiro atoms. The van der Waals surface area contributed by atoms with E-state index >= 15 is 0 Å². The molecule has 1 unspecified atom stereocenters. The Kier molecular flexibility index (Phi) is 12.0. The molecule has 13 nitrogen and oxygen atoms in total. The number of aromatic nitrogens is 4. The topological polar surface area (TPSA) is 146 Å². The Morgan fingerprint density at radius 2 is 1.43 bits per heavy atom. The molecule has 0 saturated carbocycles. The molecule has 1 aliphatic heterocycles. The Hall–Kier alpha value is -6.11. The lowest BCUT2D eigenvalue weighted by molar-refractivity contribution is -0.119. The van der Waals surface area contributed by atoms with Gasteiger partial charge in [0, 0.05) is 54.1 Å². The molecule has 5 heterocycles. The molecule has 6 rings (SSSR count). The highest BCUT2D eigenvalue weighted by Crippen LogP contribution is 2.46. The summed E-state index contributed by atoms with van der Waals surface area (Å²) in [6.07, 6.45) is 6.36. The quantitative estimate of drug-likeness (QED) is 0.152. The fraction of sp³-hybridized carbons (Fsp3) is 0.426. The van der Waals surface area contributed by atoms with E-state index in [4.69, 9.17) is 19.2 Å². The summed E-state index contributed by atoms with van der Waals surface area (Å²) in [5, 5.41) is 0.840. The van der Waals surface area contributed by atoms with Crippen molar-refractivity contribution < 1.29 is 33.4 Å². The summed E-state index contributed by atoms with van der Waals surface area (Å²) >= 11 is 0. The highest BCUT2D eigenvalue weighted by Gasteiger charge is 2.40. The van der Waals surface area contributed by atoms with E-state index in [1.165, 1.54) is 6.20 Å². The molecule has 13 heteroatoms. The molecule has 0 N–H and O–H groups in total. The van der Waals surface area contributed by atoms with Crippen LogP contribution in [0.2, 0.25) is 0 Å². The first-order valence-electron chi connectivity index (χ1n) is 20.3. The molecule has 0 saturated heterocycles. The van der Waals surface area contributed by atoms with Crippen LogP contribution in [0.4, 0.5) is 25.8 Å². The summed E-state index contributed by atoms with van der Waals surface area (Å²) in [4.78, 5) is 71.6. The van der Waals surface area contributed by atoms with Crippen molar-refractivity contribution in [3.05, 3.63) is 90.8 Å². The highest BCUT2D eigenvalue weighted by atomic mass is 16.6. The number of hydrogen-bond acceptors (Lipinski definition) is 10. The zero-order valence-electron chi connectivity index (χ0n) is 36.7. The molecule has 2 atom stereocenters. The average Bonchev–Trinajstić information content (AvgIpc) is 3.52. The Bertz CT molecular complexity index is 2420. The van der Waals surface area contributed by atoms with E-state index < -0.39 is 46.9 Å². The van der Waals surface area contributed by atoms with Crippen molar-refractivity contribution in [2.75, 3.05) is 16.3 Å². The van der Waals surface area contributed by atoms with Gasteiger partial charge < -0.3 is 14.2 Å². The SMILES string of the molecule is CC(C)CC(=O)N(C(=O)OC(C)(C)C)c1cncc(-c2cc3c(cn2)N(C(=O)OC(C)(C)C)C[C@H](C)C3c2cc3c(-c4ccncc4)cccc3n2C(=O)OC(C)(C)C)c1. The molecule has 1 aromatic carbocycles. The lowest BCUT2D eigenvalue weighted by atomic mass is 9.80. The van der Waals surface area contributed by atoms with E-state index in [1.807, 2.05) is 105 Å². The van der Waals surface area contributed by atoms with Crippen molar-refractivity contribution in [3.63, 3.8) is 0 Å². The van der Waals surface area contributed by atoms with Crippen molar-refractivity contribution >= 4 is 46.5 Å². The molecule has 5 aromatic rings. The third kappa shape index (κ3) is 9.67. The molecule has 3 amide bonds. The Labute approximate surface area is 352 Å². The summed E-state index contributed by atoms with van der Waals surface area (Å²) in [5.74, 6) is -1.17. The summed E-state index contributed by atoms with van der Waals surface area (Å²) in [6, 6.07) is 15.3. The Balaban J connectivity index is 1.57. The van der Waals surface area contributed by atoms with Gasteiger partial charge >= 0.3 is 18.3 Å². The number of carbonyl (C=O) groups is 4. The summed E-state index contributed by atoms with van der Waals surface area (Å²) < 4.78 is 19.3. The predicted octanol–water partition coefficient (Wildman–Crippen LogP) is 10.8. The van der Waals surface area contributed by atoms with Crippen LogP contribution < -0.4 is 9.80 Å². The molecule has 1 aliphatic rings. The average molecular weight is 817 g/mol. The molecule has 4 aromatic heterocycles. The maximum Gasteiger partial charge on any atom is 0.421 e. The minimum atomic E-state index is -0.856. The lowest BCUT2D eigenvalue weighted by Gasteiger charge is -2.39. The number of ether oxygens (including phenoxy) is 3. The lowest BCUT2D eigenvalue weighted by Crippen LogP contribution is -2.44. The number of amides is 3. The summed E-state index contributed by atoms with van der Waals surface area (Å²) in [6.45, 7) is 22.2. The number of fused-ring (bicyclic) bond motifs is 2. The van der Waals surface area contributed by atoms with Crippen molar-refractivity contribution in [2.45, 2.75) is 112 Å². The van der Waals surface area contributed by atoms with Crippen molar-refractivity contribution in [3.8, 4) is 22.4 Å². The predicted molar refractivity (Wildman–Crippen MR) is 232 cm³/mol. The van der Waals surface area contributed by atoms with Gasteiger partial charge in [0.1, 0.15) is 16.8 Å². The number of nitrogens with zero attached hydrogens (tertiary/aromatic N) is 6. The van der Waals surface area contributed by atoms with Crippen LogP contribution in [0.3, 0.4) is 0 Å². The number of pyridine rings is 3. The van der Waals surface area contributed by atoms with Gasteiger partial charge in [-0.3, -0.25) is 24.6 Å². The zero-order valence-corrected chi connectivity index (χ0v) is 36.7. The van der Waals surface area contributed by atoms with Crippen LogP contribution in [0, 0.1) is 11.8 Å². The van der Waals surface area contributed by atoms with E-state index in [0.717, 1.165) is 21.4 Å². The van der Waals surface area contributed by atoms with E-state index in [2.05, 4.69) is 9.97 Å². The van der Waals surface area contributed by atoms with E-state index in [-0.39, 0.29) is 30.5 Å². The minimum Gasteiger partial charge on any atom is -0.443 e. The first-order chi connectivity index (χ1) is 28.0. The molecule has 0 fully saturated rings. The van der Waals surface area contributed by atoms with Crippen molar-refractivity contribution in [1.29, 1.82) is 0 Å². The number of carbonyl (C=O) groups excluding carboxylic acids is 4. The molecule has 60 heavy (non-hydrogen) atoms. The number of rotatable bonds is 6. The van der Waals surface area contributed by atoms with Crippen LogP contribution >= 0.6 is 0 Å². The van der Waals surface area contributed by atoms with E-state index in [0.29, 0.717) is 33.7 Å². The largest absolute Gasteiger partial charge is 0.443 e. The first-order valence-corrected chi connectivity index (χ1v) is 20.3. The summed E-state index contributed by atoms with van der Waals surface area (Å²) in [7, 11) is 0. The number of imide groups is 1. The van der Waals surface area contributed by atoms with Crippen LogP contribution in [0.25, 0.3) is 33.3 Å². The van der Waals surface area contributed by atoms with Gasteiger partial charge in [-0.15, -0.1) is 0 Å². The van der Waals surface area contributed by atoms with Gasteiger partial charge in [0.2, 0.25) is 5.91 Å². The standard InChI is InChI=1S/C47H56N6O7/c1-28(2)20-40(54)52(43(56)59-46(7,8)9)32-21-31(24-49-25-32)36-22-35-39(26-50-36)51(42(55)58-45(4,5)6)27-29(3)41(35)38-23-34-33(30-16-18-48-19-17-30)14-13-15-37(34)53(38)44(57)60-47(10,11)12/h13-19,21-26,28-29,41H,20,27H2,1-12H3/t29-,41?/m0/s1. The molecule has 0 aliphatic carbocycles. The Morgan fingerprint density at radius 1 is 0.783 bits per heavy atom. The zero-order chi connectivity index (χ0) is 43.9. The normalized spacial score (nSPS) is 15.7. The van der Waals surface area contributed by atoms with Gasteiger partial charge in [-0.25, -0.2) is 23.9 Å². The third-order valence-electron chi connectivity index (χ3n) is 9.64. The second-order valence-corrected chi connectivity index (χ2v) is 18.8. The van der Waals surface area contributed by atoms with Crippen molar-refractivity contribution in [1.82, 2.24) is 19.5 Å². The van der Waals surface area contributed by atoms with Crippen LogP contribution in [0.1, 0.15) is 107 Å². The van der Waals surface area contributed by atoms with E-state index in [9.17, 15) is 19.2 Å². The fourth-order valence-electron chi connectivity index (χ4n) is 7.40. The number of anilines is 2. The maximum atomic E-state index is 14.4. The summed E-state index contributed by atoms with van der Waals surface area (Å²) in [5.41, 5.74) is 3.16. The smallest absolute Gasteiger partial charge is 0.421 e. The Morgan fingerprint density at radius 3 is 2.07 bits per heavy atom. The molecule has 316 valence electrons. The number of benzene rings is 1. The second kappa shape index (κ2) is 16.5. The van der Waals surface area contributed by atoms with Gasteiger partial charge in [0.15, 0.2) is 0 Å². The number of hydrogen-bond donors (Lipinski definition) is 0. The van der Waals surface area contributed by atoms with Crippen LogP contribution in [0.15, 0.2) is 79.5 Å². The molecular formula is C47H56N6O7. The van der Waals surface area contributed by atoms with Crippen LogP contribution in [-0.2, 0) is 19.0 Å². The highest BCUT2D eigenvalue weighted by molar-refractivity contribution is 6.12. The van der Waals surface area contributed by atoms with Crippen LogP contribution in [-0.4, -0.2) is 67.1 Å². The van der Waals surface area contributed by atoms with Gasteiger partial charge in [-0.1, -0.05) is 32.9 Å². The second-order valence-electron chi connectivity index (χ2n) is 18.8. The molecule has 0 bridgehead atoms. The first kappa shape index (κ1) is 43.5. The van der Waals surface area contributed by atoms with E-state index in [1.54, 1.807) is 61.1 Å². The van der Waals surface area contributed by atoms with Crippen molar-refractivity contribution in [2.24, 2.45) is 11.8 Å². The minimum absolute atomic E-state index is 0.0233. The van der Waals surface area contributed by atoms with Gasteiger partial charge in [0.25, 0.3) is 0 Å². The van der Waals surface area contributed by atoms with Gasteiger partial charge in [-0.05, 0) is 127 Å². The monoisotopic (exact) mass is 816 g/mol. The van der Waals surface area contributed by atoms with Gasteiger partial charge in [0.05, 0.1) is 35.0 Å². The van der Waals surface area contributed by atoms with Gasteiger partial charge in [-0.2, -0.15) is 0 Å². The fourth-order valence-corrected chi connectivity index (χ4v) is 7.40. The third-order valence-corrected chi connectivity index (χ3v) is 9.64. The maximum absolute atomic E-state index is 14.4. The molecular weight excluding hydrogens is 761 g/mol. The van der Waals surface area contributed by atoms with Crippen LogP contribution in [0.5, 0.6) is 0 Å².